The molecular weight excluding hydrogens is 408 g/mol. The summed E-state index contributed by atoms with van der Waals surface area (Å²) in [5, 5.41) is 6.75. The number of anilines is 1. The number of urea groups is 2. The van der Waals surface area contributed by atoms with Gasteiger partial charge in [-0.3, -0.25) is 15.0 Å². The lowest BCUT2D eigenvalue weighted by Crippen LogP contribution is -2.50. The van der Waals surface area contributed by atoms with Crippen molar-refractivity contribution in [3.8, 4) is 0 Å². The van der Waals surface area contributed by atoms with E-state index in [0.717, 1.165) is 62.9 Å². The number of carbonyl (C=O) groups is 3. The van der Waals surface area contributed by atoms with Crippen molar-refractivity contribution in [2.75, 3.05) is 31.1 Å². The van der Waals surface area contributed by atoms with Gasteiger partial charge in [-0.1, -0.05) is 0 Å². The number of hydrogen-bond donors (Lipinski definition) is 1. The Kier molecular flexibility index (Phi) is 5.48. The molecule has 3 saturated heterocycles. The maximum absolute atomic E-state index is 12.8. The highest BCUT2D eigenvalue weighted by atomic mass is 16.2. The minimum atomic E-state index is -0.398. The number of piperidine rings is 1. The third-order valence-corrected chi connectivity index (χ3v) is 7.04. The molecule has 1 N–H and O–H groups in total. The number of carbonyl (C=O) groups excluding carboxylic acids is 3. The van der Waals surface area contributed by atoms with Crippen molar-refractivity contribution in [2.24, 2.45) is 5.92 Å². The normalized spacial score (nSPS) is 24.3. The number of hydrogen-bond acceptors (Lipinski definition) is 4. The van der Waals surface area contributed by atoms with Crippen LogP contribution in [-0.4, -0.2) is 69.6 Å². The molecule has 0 aliphatic carbocycles. The van der Waals surface area contributed by atoms with Crippen LogP contribution < -0.4 is 10.2 Å². The highest BCUT2D eigenvalue weighted by Crippen LogP contribution is 2.29. The molecule has 3 fully saturated rings. The summed E-state index contributed by atoms with van der Waals surface area (Å²) in [5.41, 5.74) is 2.78. The van der Waals surface area contributed by atoms with Gasteiger partial charge in [0.2, 0.25) is 5.91 Å². The number of fused-ring (bicyclic) bond motifs is 1. The number of imide groups is 1. The van der Waals surface area contributed by atoms with Crippen LogP contribution in [-0.2, 0) is 11.2 Å². The molecule has 0 spiro atoms. The van der Waals surface area contributed by atoms with Crippen molar-refractivity contribution in [1.82, 2.24) is 24.7 Å². The Hall–Kier alpha value is -3.10. The summed E-state index contributed by atoms with van der Waals surface area (Å²) in [4.78, 5) is 42.2. The summed E-state index contributed by atoms with van der Waals surface area (Å²) in [5.74, 6) is 0.268. The van der Waals surface area contributed by atoms with Crippen molar-refractivity contribution in [2.45, 2.75) is 51.5 Å². The summed E-state index contributed by atoms with van der Waals surface area (Å²) < 4.78 is 1.77. The monoisotopic (exact) mass is 438 g/mol. The van der Waals surface area contributed by atoms with Crippen LogP contribution in [0, 0.1) is 5.92 Å². The molecule has 9 heteroatoms. The van der Waals surface area contributed by atoms with E-state index >= 15 is 0 Å². The van der Waals surface area contributed by atoms with Gasteiger partial charge in [-0.05, 0) is 62.6 Å². The summed E-state index contributed by atoms with van der Waals surface area (Å²) in [7, 11) is 0. The van der Waals surface area contributed by atoms with E-state index in [1.54, 1.807) is 15.6 Å². The van der Waals surface area contributed by atoms with Gasteiger partial charge in [-0.2, -0.15) is 5.10 Å². The Balaban J connectivity index is 1.27. The predicted molar refractivity (Wildman–Crippen MR) is 119 cm³/mol. The Morgan fingerprint density at radius 3 is 2.75 bits per heavy atom. The zero-order chi connectivity index (χ0) is 22.2. The SMILES string of the molecule is CC1C[C@H](Cc2ccn3ncc(N4CCC(=O)NC4=O)c3c2)CCN1C(=O)N1CCCC1. The van der Waals surface area contributed by atoms with Gasteiger partial charge in [0.1, 0.15) is 0 Å². The van der Waals surface area contributed by atoms with E-state index in [4.69, 9.17) is 0 Å². The minimum Gasteiger partial charge on any atom is -0.325 e. The minimum absolute atomic E-state index is 0.206. The average Bonchev–Trinajstić information content (AvgIpc) is 3.44. The highest BCUT2D eigenvalue weighted by molar-refractivity contribution is 6.07. The molecule has 1 unspecified atom stereocenters. The molecule has 0 radical (unpaired) electrons. The molecule has 170 valence electrons. The van der Waals surface area contributed by atoms with Crippen LogP contribution in [0.5, 0.6) is 0 Å². The lowest BCUT2D eigenvalue weighted by atomic mass is 9.87. The molecule has 5 rings (SSSR count). The van der Waals surface area contributed by atoms with Crippen LogP contribution in [0.15, 0.2) is 24.5 Å². The van der Waals surface area contributed by atoms with Crippen molar-refractivity contribution in [3.05, 3.63) is 30.1 Å². The summed E-state index contributed by atoms with van der Waals surface area (Å²) in [6.07, 6.45) is 9.05. The van der Waals surface area contributed by atoms with Crippen molar-refractivity contribution in [1.29, 1.82) is 0 Å². The van der Waals surface area contributed by atoms with Crippen molar-refractivity contribution < 1.29 is 14.4 Å². The molecule has 5 amide bonds. The molecule has 5 heterocycles. The molecule has 0 aromatic carbocycles. The topological polar surface area (TPSA) is 90.3 Å². The first-order valence-electron chi connectivity index (χ1n) is 11.6. The third kappa shape index (κ3) is 3.91. The van der Waals surface area contributed by atoms with Crippen LogP contribution >= 0.6 is 0 Å². The molecule has 0 saturated carbocycles. The van der Waals surface area contributed by atoms with Crippen LogP contribution in [0.3, 0.4) is 0 Å². The zero-order valence-electron chi connectivity index (χ0n) is 18.5. The number of rotatable bonds is 3. The smallest absolute Gasteiger partial charge is 0.325 e. The number of nitrogens with one attached hydrogen (secondary N) is 1. The largest absolute Gasteiger partial charge is 0.328 e. The van der Waals surface area contributed by atoms with Gasteiger partial charge in [0.25, 0.3) is 0 Å². The van der Waals surface area contributed by atoms with Crippen LogP contribution in [0.2, 0.25) is 0 Å². The van der Waals surface area contributed by atoms with Gasteiger partial charge >= 0.3 is 12.1 Å². The van der Waals surface area contributed by atoms with E-state index in [1.165, 1.54) is 5.56 Å². The molecule has 3 aliphatic rings. The van der Waals surface area contributed by atoms with E-state index in [2.05, 4.69) is 34.4 Å². The molecule has 0 bridgehead atoms. The quantitative estimate of drug-likeness (QED) is 0.798. The predicted octanol–water partition coefficient (Wildman–Crippen LogP) is 2.64. The van der Waals surface area contributed by atoms with Crippen molar-refractivity contribution >= 4 is 29.2 Å². The van der Waals surface area contributed by atoms with E-state index in [0.29, 0.717) is 12.5 Å². The fourth-order valence-electron chi connectivity index (χ4n) is 5.30. The maximum atomic E-state index is 12.8. The van der Waals surface area contributed by atoms with Gasteiger partial charge in [-0.25, -0.2) is 14.1 Å². The number of nitrogens with zero attached hydrogens (tertiary/aromatic N) is 5. The fraction of sp³-hybridized carbons (Fsp3) is 0.565. The lowest BCUT2D eigenvalue weighted by molar-refractivity contribution is -0.120. The van der Waals surface area contributed by atoms with E-state index < -0.39 is 6.03 Å². The molecule has 2 atom stereocenters. The Bertz CT molecular complexity index is 1040. The molecule has 9 nitrogen and oxygen atoms in total. The Morgan fingerprint density at radius 2 is 2.00 bits per heavy atom. The first kappa shape index (κ1) is 20.8. The molecule has 2 aromatic rings. The maximum Gasteiger partial charge on any atom is 0.328 e. The fourth-order valence-corrected chi connectivity index (χ4v) is 5.30. The number of amides is 5. The second-order valence-corrected chi connectivity index (χ2v) is 9.26. The van der Waals surface area contributed by atoms with Gasteiger partial charge in [0.15, 0.2) is 0 Å². The van der Waals surface area contributed by atoms with Crippen LogP contribution in [0.1, 0.15) is 44.6 Å². The van der Waals surface area contributed by atoms with E-state index in [-0.39, 0.29) is 24.4 Å². The summed E-state index contributed by atoms with van der Waals surface area (Å²) in [6, 6.07) is 4.22. The van der Waals surface area contributed by atoms with E-state index in [1.807, 2.05) is 11.1 Å². The number of aromatic nitrogens is 2. The van der Waals surface area contributed by atoms with Gasteiger partial charge in [-0.15, -0.1) is 0 Å². The Morgan fingerprint density at radius 1 is 1.19 bits per heavy atom. The lowest BCUT2D eigenvalue weighted by Gasteiger charge is -2.39. The van der Waals surface area contributed by atoms with Crippen molar-refractivity contribution in [3.63, 3.8) is 0 Å². The van der Waals surface area contributed by atoms with E-state index in [9.17, 15) is 14.4 Å². The third-order valence-electron chi connectivity index (χ3n) is 7.04. The second kappa shape index (κ2) is 8.44. The molecular formula is C23H30N6O3. The first-order chi connectivity index (χ1) is 15.5. The first-order valence-corrected chi connectivity index (χ1v) is 11.6. The van der Waals surface area contributed by atoms with Crippen LogP contribution in [0.4, 0.5) is 15.3 Å². The molecule has 2 aromatic heterocycles. The molecule has 3 aliphatic heterocycles. The average molecular weight is 439 g/mol. The molecule has 32 heavy (non-hydrogen) atoms. The van der Waals surface area contributed by atoms with Gasteiger partial charge in [0, 0.05) is 44.8 Å². The number of likely N-dealkylation sites (tertiary alicyclic amines) is 2. The number of pyridine rings is 1. The van der Waals surface area contributed by atoms with Crippen LogP contribution in [0.25, 0.3) is 5.52 Å². The second-order valence-electron chi connectivity index (χ2n) is 9.26. The van der Waals surface area contributed by atoms with Gasteiger partial charge in [0.05, 0.1) is 17.4 Å². The zero-order valence-corrected chi connectivity index (χ0v) is 18.5. The standard InChI is InChI=1S/C23H30N6O3/c1-16-12-17(4-9-27(16)23(32)26-7-2-3-8-26)13-18-5-11-29-19(14-18)20(15-24-29)28-10-6-21(30)25-22(28)31/h5,11,14-17H,2-4,6-10,12-13H2,1H3,(H,25,30,31)/t16?,17-/m1/s1. The summed E-state index contributed by atoms with van der Waals surface area (Å²) in [6.45, 7) is 5.11. The van der Waals surface area contributed by atoms with Gasteiger partial charge < -0.3 is 9.80 Å². The Labute approximate surface area is 187 Å². The summed E-state index contributed by atoms with van der Waals surface area (Å²) >= 11 is 0. The highest BCUT2D eigenvalue weighted by Gasteiger charge is 2.32.